The number of carbonyl (C=O) groups is 1. The third kappa shape index (κ3) is 6.46. The van der Waals surface area contributed by atoms with Gasteiger partial charge in [0, 0.05) is 22.9 Å². The molecule has 128 valence electrons. The molecule has 0 spiro atoms. The Morgan fingerprint density at radius 2 is 1.92 bits per heavy atom. The van der Waals surface area contributed by atoms with E-state index in [9.17, 15) is 4.79 Å². The largest absolute Gasteiger partial charge is 0.494 e. The summed E-state index contributed by atoms with van der Waals surface area (Å²) in [6.07, 6.45) is 0.806. The lowest BCUT2D eigenvalue weighted by Gasteiger charge is -2.10. The minimum absolute atomic E-state index is 0.0582. The van der Waals surface area contributed by atoms with Gasteiger partial charge in [-0.3, -0.25) is 4.79 Å². The van der Waals surface area contributed by atoms with Crippen LogP contribution in [0.1, 0.15) is 18.1 Å². The second kappa shape index (κ2) is 10.3. The summed E-state index contributed by atoms with van der Waals surface area (Å²) >= 11 is 7.45. The second-order valence-electron chi connectivity index (χ2n) is 5.26. The quantitative estimate of drug-likeness (QED) is 0.720. The fourth-order valence-electron chi connectivity index (χ4n) is 2.22. The van der Waals surface area contributed by atoms with Crippen LogP contribution in [0.5, 0.6) is 5.75 Å². The van der Waals surface area contributed by atoms with Crippen molar-refractivity contribution in [2.24, 2.45) is 0 Å². The number of ether oxygens (including phenoxy) is 1. The zero-order valence-electron chi connectivity index (χ0n) is 13.8. The van der Waals surface area contributed by atoms with Crippen molar-refractivity contribution in [1.82, 2.24) is 5.32 Å². The van der Waals surface area contributed by atoms with E-state index in [2.05, 4.69) is 5.32 Å². The highest BCUT2D eigenvalue weighted by Crippen LogP contribution is 2.22. The van der Waals surface area contributed by atoms with Gasteiger partial charge in [-0.15, -0.1) is 11.8 Å². The van der Waals surface area contributed by atoms with Gasteiger partial charge < -0.3 is 10.1 Å². The van der Waals surface area contributed by atoms with Gasteiger partial charge in [0.2, 0.25) is 5.91 Å². The van der Waals surface area contributed by atoms with Gasteiger partial charge in [-0.05, 0) is 37.1 Å². The molecule has 1 N–H and O–H groups in total. The topological polar surface area (TPSA) is 38.3 Å². The molecule has 0 atom stereocenters. The second-order valence-corrected chi connectivity index (χ2v) is 6.68. The van der Waals surface area contributed by atoms with E-state index in [1.54, 1.807) is 11.8 Å². The molecular formula is C19H22ClNO2S. The number of nitrogens with one attached hydrogen (secondary N) is 1. The number of carbonyl (C=O) groups excluding carboxylic acids is 1. The molecule has 0 fully saturated rings. The number of halogens is 1. The molecule has 24 heavy (non-hydrogen) atoms. The van der Waals surface area contributed by atoms with Gasteiger partial charge in [0.25, 0.3) is 0 Å². The highest BCUT2D eigenvalue weighted by atomic mass is 35.5. The molecule has 0 saturated heterocycles. The molecule has 0 radical (unpaired) electrons. The van der Waals surface area contributed by atoms with Crippen LogP contribution in [0.25, 0.3) is 0 Å². The lowest BCUT2D eigenvalue weighted by atomic mass is 10.1. The smallest absolute Gasteiger partial charge is 0.230 e. The molecule has 1 amide bonds. The average molecular weight is 364 g/mol. The Morgan fingerprint density at radius 1 is 1.17 bits per heavy atom. The van der Waals surface area contributed by atoms with E-state index in [4.69, 9.17) is 16.3 Å². The summed E-state index contributed by atoms with van der Waals surface area (Å²) in [5.74, 6) is 2.17. The van der Waals surface area contributed by atoms with Crippen molar-refractivity contribution < 1.29 is 9.53 Å². The SMILES string of the molecule is CCOc1ccccc1CSCC(=O)NCCc1ccc(Cl)cc1. The number of thioether (sulfide) groups is 1. The van der Waals surface area contributed by atoms with Crippen molar-refractivity contribution in [3.05, 3.63) is 64.7 Å². The first-order chi connectivity index (χ1) is 11.7. The Hall–Kier alpha value is -1.65. The van der Waals surface area contributed by atoms with Gasteiger partial charge in [-0.25, -0.2) is 0 Å². The minimum Gasteiger partial charge on any atom is -0.494 e. The van der Waals surface area contributed by atoms with Crippen LogP contribution in [0.4, 0.5) is 0 Å². The van der Waals surface area contributed by atoms with Crippen molar-refractivity contribution in [3.63, 3.8) is 0 Å². The molecule has 0 heterocycles. The van der Waals surface area contributed by atoms with E-state index in [1.165, 1.54) is 0 Å². The predicted molar refractivity (Wildman–Crippen MR) is 102 cm³/mol. The molecule has 2 aromatic carbocycles. The van der Waals surface area contributed by atoms with Gasteiger partial charge in [-0.1, -0.05) is 41.9 Å². The maximum atomic E-state index is 11.9. The Bertz CT molecular complexity index is 646. The summed E-state index contributed by atoms with van der Waals surface area (Å²) in [7, 11) is 0. The van der Waals surface area contributed by atoms with Crippen molar-refractivity contribution >= 4 is 29.3 Å². The highest BCUT2D eigenvalue weighted by Gasteiger charge is 2.05. The van der Waals surface area contributed by atoms with Gasteiger partial charge >= 0.3 is 0 Å². The third-order valence-electron chi connectivity index (χ3n) is 3.41. The third-order valence-corrected chi connectivity index (χ3v) is 4.65. The average Bonchev–Trinajstić information content (AvgIpc) is 2.58. The zero-order chi connectivity index (χ0) is 17.2. The van der Waals surface area contributed by atoms with Gasteiger partial charge in [0.1, 0.15) is 5.75 Å². The first kappa shape index (κ1) is 18.7. The summed E-state index contributed by atoms with van der Waals surface area (Å²) < 4.78 is 5.59. The van der Waals surface area contributed by atoms with Crippen LogP contribution in [-0.2, 0) is 17.0 Å². The van der Waals surface area contributed by atoms with E-state index in [-0.39, 0.29) is 5.91 Å². The number of hydrogen-bond acceptors (Lipinski definition) is 3. The minimum atomic E-state index is 0.0582. The molecule has 0 aliphatic rings. The fraction of sp³-hybridized carbons (Fsp3) is 0.316. The summed E-state index contributed by atoms with van der Waals surface area (Å²) in [4.78, 5) is 11.9. The zero-order valence-corrected chi connectivity index (χ0v) is 15.3. The lowest BCUT2D eigenvalue weighted by molar-refractivity contribution is -0.118. The summed E-state index contributed by atoms with van der Waals surface area (Å²) in [5.41, 5.74) is 2.29. The number of benzene rings is 2. The van der Waals surface area contributed by atoms with Crippen molar-refractivity contribution in [2.75, 3.05) is 18.9 Å². The molecule has 2 aromatic rings. The fourth-order valence-corrected chi connectivity index (χ4v) is 3.20. The summed E-state index contributed by atoms with van der Waals surface area (Å²) in [6, 6.07) is 15.6. The predicted octanol–water partition coefficient (Wildman–Crippen LogP) is 4.33. The van der Waals surface area contributed by atoms with Crippen LogP contribution >= 0.6 is 23.4 Å². The summed E-state index contributed by atoms with van der Waals surface area (Å²) in [6.45, 7) is 3.25. The van der Waals surface area contributed by atoms with Crippen molar-refractivity contribution in [2.45, 2.75) is 19.1 Å². The maximum absolute atomic E-state index is 11.9. The lowest BCUT2D eigenvalue weighted by Crippen LogP contribution is -2.27. The Balaban J connectivity index is 1.67. The molecule has 3 nitrogen and oxygen atoms in total. The Kier molecular flexibility index (Phi) is 7.99. The monoisotopic (exact) mass is 363 g/mol. The van der Waals surface area contributed by atoms with Crippen LogP contribution in [0, 0.1) is 0 Å². The molecule has 0 aliphatic heterocycles. The molecule has 0 unspecified atom stereocenters. The molecular weight excluding hydrogens is 342 g/mol. The molecule has 0 aliphatic carbocycles. The van der Waals surface area contributed by atoms with Crippen LogP contribution in [0.15, 0.2) is 48.5 Å². The van der Waals surface area contributed by atoms with Gasteiger partial charge in [-0.2, -0.15) is 0 Å². The molecule has 0 bridgehead atoms. The highest BCUT2D eigenvalue weighted by molar-refractivity contribution is 7.99. The number of amides is 1. The van der Waals surface area contributed by atoms with Crippen LogP contribution in [-0.4, -0.2) is 24.8 Å². The van der Waals surface area contributed by atoms with E-state index in [1.807, 2.05) is 55.5 Å². The molecule has 0 saturated carbocycles. The number of rotatable bonds is 9. The van der Waals surface area contributed by atoms with Gasteiger partial charge in [0.05, 0.1) is 12.4 Å². The number of hydrogen-bond donors (Lipinski definition) is 1. The Morgan fingerprint density at radius 3 is 2.67 bits per heavy atom. The van der Waals surface area contributed by atoms with Crippen LogP contribution in [0.3, 0.4) is 0 Å². The maximum Gasteiger partial charge on any atom is 0.230 e. The molecule has 0 aromatic heterocycles. The Labute approximate surface area is 152 Å². The normalized spacial score (nSPS) is 10.4. The van der Waals surface area contributed by atoms with E-state index < -0.39 is 0 Å². The van der Waals surface area contributed by atoms with E-state index >= 15 is 0 Å². The standard InChI is InChI=1S/C19H22ClNO2S/c1-2-23-18-6-4-3-5-16(18)13-24-14-19(22)21-12-11-15-7-9-17(20)10-8-15/h3-10H,2,11-14H2,1H3,(H,21,22). The molecule has 5 heteroatoms. The van der Waals surface area contributed by atoms with Crippen molar-refractivity contribution in [3.8, 4) is 5.75 Å². The van der Waals surface area contributed by atoms with Crippen LogP contribution in [0.2, 0.25) is 5.02 Å². The first-order valence-corrected chi connectivity index (χ1v) is 9.52. The van der Waals surface area contributed by atoms with Gasteiger partial charge in [0.15, 0.2) is 0 Å². The summed E-state index contributed by atoms with van der Waals surface area (Å²) in [5, 5.41) is 3.68. The van der Waals surface area contributed by atoms with Crippen LogP contribution < -0.4 is 10.1 Å². The molecule has 2 rings (SSSR count). The van der Waals surface area contributed by atoms with E-state index in [0.29, 0.717) is 18.9 Å². The number of para-hydroxylation sites is 1. The first-order valence-electron chi connectivity index (χ1n) is 7.98. The van der Waals surface area contributed by atoms with E-state index in [0.717, 1.165) is 34.1 Å². The van der Waals surface area contributed by atoms with Crippen molar-refractivity contribution in [1.29, 1.82) is 0 Å².